The highest BCUT2D eigenvalue weighted by atomic mass is 32.2. The van der Waals surface area contributed by atoms with Gasteiger partial charge in [0, 0.05) is 0 Å². The second kappa shape index (κ2) is 4.09. The summed E-state index contributed by atoms with van der Waals surface area (Å²) in [5.41, 5.74) is 3.95. The van der Waals surface area contributed by atoms with E-state index < -0.39 is 15.6 Å². The van der Waals surface area contributed by atoms with Crippen LogP contribution in [0.15, 0.2) is 0 Å². The number of amidine groups is 1. The van der Waals surface area contributed by atoms with Gasteiger partial charge in [-0.1, -0.05) is 20.8 Å². The van der Waals surface area contributed by atoms with Gasteiger partial charge in [0.25, 0.3) is 0 Å². The smallest absolute Gasteiger partial charge is 0.213 e. The molecule has 4 N–H and O–H groups in total. The van der Waals surface area contributed by atoms with Gasteiger partial charge >= 0.3 is 0 Å². The van der Waals surface area contributed by atoms with Gasteiger partial charge in [-0.3, -0.25) is 5.41 Å². The lowest BCUT2D eigenvalue weighted by molar-refractivity contribution is 0.451. The maximum absolute atomic E-state index is 11.7. The first kappa shape index (κ1) is 14.4. The Kier molecular flexibility index (Phi) is 3.93. The molecule has 6 heteroatoms. The number of hydrogen-bond acceptors (Lipinski definition) is 3. The van der Waals surface area contributed by atoms with Gasteiger partial charge in [-0.15, -0.1) is 0 Å². The third-order valence-electron chi connectivity index (χ3n) is 1.71. The van der Waals surface area contributed by atoms with Crippen LogP contribution in [0, 0.1) is 10.8 Å². The lowest BCUT2D eigenvalue weighted by Crippen LogP contribution is -2.53. The van der Waals surface area contributed by atoms with Gasteiger partial charge in [0.1, 0.15) is 5.84 Å². The molecule has 15 heavy (non-hydrogen) atoms. The molecule has 0 spiro atoms. The molecule has 0 rings (SSSR count). The first-order chi connectivity index (χ1) is 6.36. The van der Waals surface area contributed by atoms with Crippen LogP contribution in [0.4, 0.5) is 0 Å². The van der Waals surface area contributed by atoms with Crippen molar-refractivity contribution in [2.24, 2.45) is 11.1 Å². The average molecular weight is 235 g/mol. The maximum atomic E-state index is 11.7. The van der Waals surface area contributed by atoms with Gasteiger partial charge in [0.05, 0.1) is 11.3 Å². The number of rotatable bonds is 4. The Morgan fingerprint density at radius 3 is 1.93 bits per heavy atom. The predicted molar refractivity (Wildman–Crippen MR) is 62.4 cm³/mol. The van der Waals surface area contributed by atoms with E-state index in [0.29, 0.717) is 0 Å². The molecule has 0 aliphatic carbocycles. The molecule has 0 saturated heterocycles. The summed E-state index contributed by atoms with van der Waals surface area (Å²) >= 11 is 0. The highest BCUT2D eigenvalue weighted by Crippen LogP contribution is 2.16. The molecule has 0 aromatic heterocycles. The SMILES string of the molecule is CC(C)(C)CS(=O)(=O)NC(C)(C)C(=N)N. The highest BCUT2D eigenvalue weighted by molar-refractivity contribution is 7.89. The van der Waals surface area contributed by atoms with Crippen LogP contribution in [0.5, 0.6) is 0 Å². The summed E-state index contributed by atoms with van der Waals surface area (Å²) < 4.78 is 25.8. The fourth-order valence-electron chi connectivity index (χ4n) is 1.05. The van der Waals surface area contributed by atoms with E-state index >= 15 is 0 Å². The number of hydrogen-bond donors (Lipinski definition) is 3. The molecule has 0 aliphatic heterocycles. The molecular weight excluding hydrogens is 214 g/mol. The van der Waals surface area contributed by atoms with Crippen LogP contribution in [0.25, 0.3) is 0 Å². The van der Waals surface area contributed by atoms with Gasteiger partial charge in [0.15, 0.2) is 0 Å². The Hall–Kier alpha value is -0.620. The second-order valence-electron chi connectivity index (χ2n) is 5.46. The summed E-state index contributed by atoms with van der Waals surface area (Å²) in [6, 6.07) is 0. The molecule has 0 heterocycles. The van der Waals surface area contributed by atoms with Gasteiger partial charge in [-0.25, -0.2) is 13.1 Å². The standard InChI is InChI=1S/C9H21N3O2S/c1-8(2,3)6-15(13,14)12-9(4,5)7(10)11/h12H,6H2,1-5H3,(H3,10,11). The lowest BCUT2D eigenvalue weighted by atomic mass is 10.0. The van der Waals surface area contributed by atoms with Crippen LogP contribution in [-0.2, 0) is 10.0 Å². The van der Waals surface area contributed by atoms with E-state index in [2.05, 4.69) is 4.72 Å². The Balaban J connectivity index is 4.75. The normalized spacial score (nSPS) is 13.9. The van der Waals surface area contributed by atoms with Crippen molar-refractivity contribution in [2.75, 3.05) is 5.75 Å². The Labute approximate surface area is 92.0 Å². The molecule has 0 aromatic carbocycles. The van der Waals surface area contributed by atoms with E-state index in [-0.39, 0.29) is 17.0 Å². The average Bonchev–Trinajstić information content (AvgIpc) is 1.75. The van der Waals surface area contributed by atoms with Crippen LogP contribution < -0.4 is 10.5 Å². The third kappa shape index (κ3) is 5.74. The highest BCUT2D eigenvalue weighted by Gasteiger charge is 2.30. The first-order valence-electron chi connectivity index (χ1n) is 4.72. The zero-order valence-corrected chi connectivity index (χ0v) is 10.8. The fraction of sp³-hybridized carbons (Fsp3) is 0.889. The van der Waals surface area contributed by atoms with Crippen LogP contribution in [0.3, 0.4) is 0 Å². The quantitative estimate of drug-likeness (QED) is 0.493. The monoisotopic (exact) mass is 235 g/mol. The molecule has 5 nitrogen and oxygen atoms in total. The summed E-state index contributed by atoms with van der Waals surface area (Å²) in [7, 11) is -3.41. The van der Waals surface area contributed by atoms with E-state index in [4.69, 9.17) is 11.1 Å². The minimum Gasteiger partial charge on any atom is -0.386 e. The van der Waals surface area contributed by atoms with Gasteiger partial charge < -0.3 is 5.73 Å². The topological polar surface area (TPSA) is 96.0 Å². The number of nitrogens with two attached hydrogens (primary N) is 1. The van der Waals surface area contributed by atoms with E-state index in [9.17, 15) is 8.42 Å². The van der Waals surface area contributed by atoms with Crippen molar-refractivity contribution in [3.8, 4) is 0 Å². The minimum atomic E-state index is -3.41. The molecule has 0 fully saturated rings. The number of sulfonamides is 1. The number of nitrogens with one attached hydrogen (secondary N) is 2. The van der Waals surface area contributed by atoms with Crippen LogP contribution >= 0.6 is 0 Å². The zero-order valence-electron chi connectivity index (χ0n) is 10.0. The molecule has 0 atom stereocenters. The molecule has 0 aliphatic rings. The van der Waals surface area contributed by atoms with Crippen LogP contribution in [-0.4, -0.2) is 25.5 Å². The predicted octanol–water partition coefficient (Wildman–Crippen LogP) is 0.666. The van der Waals surface area contributed by atoms with Crippen molar-refractivity contribution in [3.63, 3.8) is 0 Å². The van der Waals surface area contributed by atoms with Crippen molar-refractivity contribution in [2.45, 2.75) is 40.2 Å². The summed E-state index contributed by atoms with van der Waals surface area (Å²) in [6.07, 6.45) is 0. The molecule has 90 valence electrons. The third-order valence-corrected chi connectivity index (χ3v) is 3.77. The Morgan fingerprint density at radius 1 is 1.27 bits per heavy atom. The maximum Gasteiger partial charge on any atom is 0.213 e. The van der Waals surface area contributed by atoms with Crippen molar-refractivity contribution in [1.82, 2.24) is 4.72 Å². The van der Waals surface area contributed by atoms with Crippen molar-refractivity contribution in [3.05, 3.63) is 0 Å². The van der Waals surface area contributed by atoms with Crippen LogP contribution in [0.2, 0.25) is 0 Å². The first-order valence-corrected chi connectivity index (χ1v) is 6.37. The zero-order chi connectivity index (χ0) is 12.5. The molecule has 0 bridgehead atoms. The molecular formula is C9H21N3O2S. The molecule has 0 aromatic rings. The van der Waals surface area contributed by atoms with E-state index in [1.165, 1.54) is 0 Å². The molecule has 0 amide bonds. The minimum absolute atomic E-state index is 0.0106. The van der Waals surface area contributed by atoms with Crippen molar-refractivity contribution < 1.29 is 8.42 Å². The van der Waals surface area contributed by atoms with Gasteiger partial charge in [0.2, 0.25) is 10.0 Å². The molecule has 0 radical (unpaired) electrons. The molecule has 0 unspecified atom stereocenters. The van der Waals surface area contributed by atoms with Crippen LogP contribution in [0.1, 0.15) is 34.6 Å². The Morgan fingerprint density at radius 2 is 1.67 bits per heavy atom. The largest absolute Gasteiger partial charge is 0.386 e. The summed E-state index contributed by atoms with van der Waals surface area (Å²) in [5, 5.41) is 7.26. The van der Waals surface area contributed by atoms with Crippen molar-refractivity contribution >= 4 is 15.9 Å². The van der Waals surface area contributed by atoms with Gasteiger partial charge in [-0.2, -0.15) is 0 Å². The fourth-order valence-corrected chi connectivity index (χ4v) is 3.15. The summed E-state index contributed by atoms with van der Waals surface area (Å²) in [5.74, 6) is -0.184. The van der Waals surface area contributed by atoms with E-state index in [1.807, 2.05) is 20.8 Å². The Bertz CT molecular complexity index is 339. The molecule has 0 saturated carbocycles. The van der Waals surface area contributed by atoms with Gasteiger partial charge in [-0.05, 0) is 19.3 Å². The van der Waals surface area contributed by atoms with E-state index in [1.54, 1.807) is 13.8 Å². The summed E-state index contributed by atoms with van der Waals surface area (Å²) in [6.45, 7) is 8.65. The second-order valence-corrected chi connectivity index (χ2v) is 7.18. The summed E-state index contributed by atoms with van der Waals surface area (Å²) in [4.78, 5) is 0. The lowest BCUT2D eigenvalue weighted by Gasteiger charge is -2.27. The van der Waals surface area contributed by atoms with Crippen molar-refractivity contribution in [1.29, 1.82) is 5.41 Å². The van der Waals surface area contributed by atoms with E-state index in [0.717, 1.165) is 0 Å².